The van der Waals surface area contributed by atoms with E-state index in [2.05, 4.69) is 33.0 Å². The highest BCUT2D eigenvalue weighted by atomic mass is 32.2. The Balaban J connectivity index is 2.04. The van der Waals surface area contributed by atoms with Crippen LogP contribution in [0.3, 0.4) is 0 Å². The second kappa shape index (κ2) is 8.43. The molecule has 0 amide bonds. The van der Waals surface area contributed by atoms with Gasteiger partial charge in [-0.05, 0) is 50.0 Å². The fourth-order valence-electron chi connectivity index (χ4n) is 2.12. The molecule has 0 saturated heterocycles. The molecule has 0 aliphatic rings. The first-order valence-electron chi connectivity index (χ1n) is 7.15. The number of hydrazone groups is 1. The molecular weight excluding hydrogens is 338 g/mol. The van der Waals surface area contributed by atoms with Crippen LogP contribution in [0.4, 0.5) is 5.69 Å². The molecule has 0 fully saturated rings. The normalized spacial score (nSPS) is 10.4. The summed E-state index contributed by atoms with van der Waals surface area (Å²) in [6, 6.07) is 9.91. The number of nitriles is 1. The van der Waals surface area contributed by atoms with E-state index in [0.717, 1.165) is 16.1 Å². The Hall–Kier alpha value is -2.43. The molecule has 2 aromatic rings. The zero-order chi connectivity index (χ0) is 17.5. The topological polar surface area (TPSA) is 73.1 Å². The summed E-state index contributed by atoms with van der Waals surface area (Å²) in [5, 5.41) is 16.7. The zero-order valence-corrected chi connectivity index (χ0v) is 15.3. The highest BCUT2D eigenvalue weighted by molar-refractivity contribution is 7.98. The first kappa shape index (κ1) is 17.9. The van der Waals surface area contributed by atoms with Crippen LogP contribution in [0, 0.1) is 25.2 Å². The van der Waals surface area contributed by atoms with Gasteiger partial charge in [-0.3, -0.25) is 10.4 Å². The van der Waals surface area contributed by atoms with Crippen LogP contribution in [0.15, 0.2) is 40.5 Å². The number of hydrogen-bond donors (Lipinski definition) is 2. The van der Waals surface area contributed by atoms with Crippen LogP contribution in [0.1, 0.15) is 22.4 Å². The van der Waals surface area contributed by atoms with Gasteiger partial charge < -0.3 is 5.32 Å². The molecular formula is C17H17N5S2. The molecule has 1 aromatic carbocycles. The molecule has 0 saturated carbocycles. The summed E-state index contributed by atoms with van der Waals surface area (Å²) in [7, 11) is 0. The van der Waals surface area contributed by atoms with Crippen molar-refractivity contribution in [3.8, 4) is 6.07 Å². The molecule has 0 bridgehead atoms. The summed E-state index contributed by atoms with van der Waals surface area (Å²) in [6.45, 7) is 4.06. The van der Waals surface area contributed by atoms with Crippen molar-refractivity contribution < 1.29 is 0 Å². The number of pyridine rings is 1. The van der Waals surface area contributed by atoms with Gasteiger partial charge >= 0.3 is 0 Å². The largest absolute Gasteiger partial charge is 0.331 e. The second-order valence-corrected chi connectivity index (χ2v) is 6.26. The number of anilines is 1. The molecule has 7 heteroatoms. The van der Waals surface area contributed by atoms with Crippen LogP contribution >= 0.6 is 24.0 Å². The van der Waals surface area contributed by atoms with Crippen molar-refractivity contribution in [2.45, 2.75) is 18.7 Å². The lowest BCUT2D eigenvalue weighted by molar-refractivity contribution is 1.04. The molecule has 0 unspecified atom stereocenters. The van der Waals surface area contributed by atoms with Gasteiger partial charge in [0.25, 0.3) is 0 Å². The van der Waals surface area contributed by atoms with Gasteiger partial charge in [-0.25, -0.2) is 0 Å². The van der Waals surface area contributed by atoms with Gasteiger partial charge in [-0.1, -0.05) is 17.7 Å². The van der Waals surface area contributed by atoms with Crippen LogP contribution in [0.25, 0.3) is 0 Å². The smallest absolute Gasteiger partial charge is 0.191 e. The third-order valence-corrected chi connectivity index (χ3v) is 4.27. The van der Waals surface area contributed by atoms with Crippen LogP contribution < -0.4 is 10.7 Å². The Labute approximate surface area is 151 Å². The molecule has 0 atom stereocenters. The average molecular weight is 355 g/mol. The maximum Gasteiger partial charge on any atom is 0.191 e. The number of benzene rings is 1. The van der Waals surface area contributed by atoms with E-state index < -0.39 is 0 Å². The third kappa shape index (κ3) is 4.54. The molecule has 0 radical (unpaired) electrons. The van der Waals surface area contributed by atoms with Crippen molar-refractivity contribution in [1.29, 1.82) is 5.26 Å². The van der Waals surface area contributed by atoms with Crippen molar-refractivity contribution in [1.82, 2.24) is 10.4 Å². The van der Waals surface area contributed by atoms with Crippen LogP contribution in [-0.4, -0.2) is 22.6 Å². The first-order chi connectivity index (χ1) is 11.5. The Bertz CT molecular complexity index is 824. The zero-order valence-electron chi connectivity index (χ0n) is 13.6. The van der Waals surface area contributed by atoms with Gasteiger partial charge in [0.05, 0.1) is 22.4 Å². The number of nitrogens with one attached hydrogen (secondary N) is 2. The summed E-state index contributed by atoms with van der Waals surface area (Å²) in [5.41, 5.74) is 7.21. The Morgan fingerprint density at radius 3 is 2.83 bits per heavy atom. The fraction of sp³-hybridized carbons (Fsp3) is 0.176. The van der Waals surface area contributed by atoms with Crippen molar-refractivity contribution >= 4 is 41.0 Å². The van der Waals surface area contributed by atoms with E-state index in [1.54, 1.807) is 18.5 Å². The van der Waals surface area contributed by atoms with Gasteiger partial charge in [-0.15, -0.1) is 11.8 Å². The van der Waals surface area contributed by atoms with Crippen molar-refractivity contribution in [2.24, 2.45) is 5.10 Å². The van der Waals surface area contributed by atoms with Gasteiger partial charge in [-0.2, -0.15) is 10.4 Å². The second-order valence-electron chi connectivity index (χ2n) is 5.03. The van der Waals surface area contributed by atoms with E-state index in [-0.39, 0.29) is 0 Å². The van der Waals surface area contributed by atoms with Gasteiger partial charge in [0, 0.05) is 11.9 Å². The lowest BCUT2D eigenvalue weighted by Gasteiger charge is -2.10. The fourth-order valence-corrected chi connectivity index (χ4v) is 2.93. The van der Waals surface area contributed by atoms with Crippen LogP contribution in [-0.2, 0) is 0 Å². The monoisotopic (exact) mass is 355 g/mol. The molecule has 0 aliphatic carbocycles. The van der Waals surface area contributed by atoms with Crippen molar-refractivity contribution in [3.63, 3.8) is 0 Å². The predicted octanol–water partition coefficient (Wildman–Crippen LogP) is 3.61. The SMILES string of the molecule is CSc1c(C#N)ccnc1C=NNC(=S)Nc1ccc(C)cc1C. The molecule has 24 heavy (non-hydrogen) atoms. The van der Waals surface area contributed by atoms with Crippen LogP contribution in [0.2, 0.25) is 0 Å². The van der Waals surface area contributed by atoms with Gasteiger partial charge in [0.15, 0.2) is 5.11 Å². The number of thioether (sulfide) groups is 1. The minimum absolute atomic E-state index is 0.389. The van der Waals surface area contributed by atoms with Gasteiger partial charge in [0.1, 0.15) is 6.07 Å². The minimum Gasteiger partial charge on any atom is -0.331 e. The first-order valence-corrected chi connectivity index (χ1v) is 8.79. The molecule has 2 rings (SSSR count). The number of aryl methyl sites for hydroxylation is 2. The maximum absolute atomic E-state index is 9.12. The van der Waals surface area contributed by atoms with Gasteiger partial charge in [0.2, 0.25) is 0 Å². The summed E-state index contributed by atoms with van der Waals surface area (Å²) < 4.78 is 0. The van der Waals surface area contributed by atoms with E-state index >= 15 is 0 Å². The molecule has 1 aromatic heterocycles. The standard InChI is InChI=1S/C17H17N5S2/c1-11-4-5-14(12(2)8-11)21-17(23)22-20-10-15-16(24-3)13(9-18)6-7-19-15/h4-8,10H,1-3H3,(H2,21,22,23). The molecule has 2 N–H and O–H groups in total. The Morgan fingerprint density at radius 2 is 2.17 bits per heavy atom. The molecule has 0 spiro atoms. The lowest BCUT2D eigenvalue weighted by atomic mass is 10.1. The van der Waals surface area contributed by atoms with Crippen molar-refractivity contribution in [3.05, 3.63) is 52.8 Å². The molecule has 1 heterocycles. The predicted molar refractivity (Wildman–Crippen MR) is 104 cm³/mol. The highest BCUT2D eigenvalue weighted by Crippen LogP contribution is 2.21. The number of thiocarbonyl (C=S) groups is 1. The van der Waals surface area contributed by atoms with Crippen LogP contribution in [0.5, 0.6) is 0 Å². The molecule has 122 valence electrons. The van der Waals surface area contributed by atoms with E-state index in [0.29, 0.717) is 16.4 Å². The van der Waals surface area contributed by atoms with E-state index in [1.165, 1.54) is 17.3 Å². The van der Waals surface area contributed by atoms with E-state index in [9.17, 15) is 0 Å². The number of nitrogens with zero attached hydrogens (tertiary/aromatic N) is 3. The van der Waals surface area contributed by atoms with E-state index in [4.69, 9.17) is 17.5 Å². The minimum atomic E-state index is 0.389. The molecule has 5 nitrogen and oxygen atoms in total. The highest BCUT2D eigenvalue weighted by Gasteiger charge is 2.06. The summed E-state index contributed by atoms with van der Waals surface area (Å²) >= 11 is 6.70. The Kier molecular flexibility index (Phi) is 6.29. The summed E-state index contributed by atoms with van der Waals surface area (Å²) in [6.07, 6.45) is 5.05. The number of rotatable bonds is 4. The van der Waals surface area contributed by atoms with Crippen molar-refractivity contribution in [2.75, 3.05) is 11.6 Å². The molecule has 0 aliphatic heterocycles. The number of aromatic nitrogens is 1. The summed E-state index contributed by atoms with van der Waals surface area (Å²) in [5.74, 6) is 0. The Morgan fingerprint density at radius 1 is 1.38 bits per heavy atom. The van der Waals surface area contributed by atoms with E-state index in [1.807, 2.05) is 32.2 Å². The average Bonchev–Trinajstić information content (AvgIpc) is 2.57. The third-order valence-electron chi connectivity index (χ3n) is 3.24. The quantitative estimate of drug-likeness (QED) is 0.378. The number of hydrogen-bond acceptors (Lipinski definition) is 5. The summed E-state index contributed by atoms with van der Waals surface area (Å²) in [4.78, 5) is 5.03. The lowest BCUT2D eigenvalue weighted by Crippen LogP contribution is -2.24. The maximum atomic E-state index is 9.12.